The molecule has 4 nitrogen and oxygen atoms in total. The number of benzene rings is 2. The second-order valence-corrected chi connectivity index (χ2v) is 6.84. The van der Waals surface area contributed by atoms with Crippen molar-refractivity contribution in [2.24, 2.45) is 0 Å². The monoisotopic (exact) mass is 388 g/mol. The molecular formula is C19H21BrN2O2. The summed E-state index contributed by atoms with van der Waals surface area (Å²) in [5.41, 5.74) is 2.02. The zero-order valence-corrected chi connectivity index (χ0v) is 15.3. The molecule has 2 aromatic carbocycles. The summed E-state index contributed by atoms with van der Waals surface area (Å²) in [5, 5.41) is 0. The number of hydrogen-bond acceptors (Lipinski definition) is 3. The van der Waals surface area contributed by atoms with Crippen molar-refractivity contribution in [2.75, 3.05) is 33.3 Å². The summed E-state index contributed by atoms with van der Waals surface area (Å²) >= 11 is 3.46. The van der Waals surface area contributed by atoms with Crippen LogP contribution in [-0.2, 0) is 6.54 Å². The van der Waals surface area contributed by atoms with Crippen LogP contribution in [0.5, 0.6) is 5.75 Å². The van der Waals surface area contributed by atoms with E-state index >= 15 is 0 Å². The third-order valence-electron chi connectivity index (χ3n) is 4.32. The van der Waals surface area contributed by atoms with E-state index < -0.39 is 0 Å². The van der Waals surface area contributed by atoms with Gasteiger partial charge in [0.2, 0.25) is 0 Å². The molecule has 126 valence electrons. The molecule has 0 N–H and O–H groups in total. The van der Waals surface area contributed by atoms with E-state index in [4.69, 9.17) is 4.74 Å². The van der Waals surface area contributed by atoms with Gasteiger partial charge in [-0.3, -0.25) is 9.69 Å². The number of ether oxygens (including phenoxy) is 1. The third-order valence-corrected chi connectivity index (χ3v) is 4.84. The van der Waals surface area contributed by atoms with Crippen molar-refractivity contribution in [2.45, 2.75) is 6.54 Å². The van der Waals surface area contributed by atoms with Gasteiger partial charge in [0.25, 0.3) is 5.91 Å². The average Bonchev–Trinajstić information content (AvgIpc) is 2.64. The highest BCUT2D eigenvalue weighted by Gasteiger charge is 2.22. The number of carbonyl (C=O) groups is 1. The highest BCUT2D eigenvalue weighted by atomic mass is 79.9. The molecule has 0 radical (unpaired) electrons. The van der Waals surface area contributed by atoms with Crippen LogP contribution in [-0.4, -0.2) is 49.0 Å². The van der Waals surface area contributed by atoms with E-state index in [1.165, 1.54) is 5.56 Å². The van der Waals surface area contributed by atoms with Crippen LogP contribution in [0, 0.1) is 0 Å². The highest BCUT2D eigenvalue weighted by Crippen LogP contribution is 2.16. The Balaban J connectivity index is 1.54. The third kappa shape index (κ3) is 4.16. The van der Waals surface area contributed by atoms with Crippen LogP contribution < -0.4 is 4.74 Å². The molecule has 1 heterocycles. The zero-order valence-electron chi connectivity index (χ0n) is 13.7. The number of rotatable bonds is 4. The number of piperazine rings is 1. The van der Waals surface area contributed by atoms with Crippen LogP contribution in [0.3, 0.4) is 0 Å². The molecule has 3 rings (SSSR count). The lowest BCUT2D eigenvalue weighted by molar-refractivity contribution is 0.0628. The zero-order chi connectivity index (χ0) is 16.9. The van der Waals surface area contributed by atoms with Crippen molar-refractivity contribution >= 4 is 21.8 Å². The Morgan fingerprint density at radius 2 is 1.62 bits per heavy atom. The number of methoxy groups -OCH3 is 1. The number of halogens is 1. The fourth-order valence-electron chi connectivity index (χ4n) is 2.87. The maximum Gasteiger partial charge on any atom is 0.253 e. The molecule has 0 bridgehead atoms. The quantitative estimate of drug-likeness (QED) is 0.804. The summed E-state index contributed by atoms with van der Waals surface area (Å²) in [7, 11) is 1.63. The molecule has 0 aromatic heterocycles. The van der Waals surface area contributed by atoms with Gasteiger partial charge in [-0.25, -0.2) is 0 Å². The first-order valence-electron chi connectivity index (χ1n) is 8.06. The maximum atomic E-state index is 12.6. The number of nitrogens with zero attached hydrogens (tertiary/aromatic N) is 2. The van der Waals surface area contributed by atoms with Gasteiger partial charge in [0, 0.05) is 42.8 Å². The molecule has 2 aromatic rings. The van der Waals surface area contributed by atoms with Crippen LogP contribution in [0.2, 0.25) is 0 Å². The minimum atomic E-state index is 0.0981. The molecule has 1 aliphatic rings. The molecule has 0 spiro atoms. The highest BCUT2D eigenvalue weighted by molar-refractivity contribution is 9.10. The lowest BCUT2D eigenvalue weighted by atomic mass is 10.1. The molecule has 1 fully saturated rings. The topological polar surface area (TPSA) is 32.8 Å². The standard InChI is InChI=1S/C19H21BrN2O2/c1-24-18-8-4-16(5-9-18)19(23)22-12-10-21(11-13-22)14-15-2-6-17(20)7-3-15/h2-9H,10-14H2,1H3. The van der Waals surface area contributed by atoms with Crippen molar-refractivity contribution in [3.8, 4) is 5.75 Å². The van der Waals surface area contributed by atoms with Crippen molar-refractivity contribution in [1.29, 1.82) is 0 Å². The van der Waals surface area contributed by atoms with Crippen LogP contribution >= 0.6 is 15.9 Å². The molecule has 24 heavy (non-hydrogen) atoms. The summed E-state index contributed by atoms with van der Waals surface area (Å²) in [4.78, 5) is 16.9. The normalized spacial score (nSPS) is 15.3. The fourth-order valence-corrected chi connectivity index (χ4v) is 3.14. The minimum Gasteiger partial charge on any atom is -0.497 e. The van der Waals surface area contributed by atoms with Crippen molar-refractivity contribution in [1.82, 2.24) is 9.80 Å². The Labute approximate surface area is 151 Å². The molecular weight excluding hydrogens is 368 g/mol. The molecule has 0 atom stereocenters. The van der Waals surface area contributed by atoms with Crippen molar-refractivity contribution in [3.05, 3.63) is 64.1 Å². The maximum absolute atomic E-state index is 12.6. The van der Waals surface area contributed by atoms with Crippen molar-refractivity contribution in [3.63, 3.8) is 0 Å². The van der Waals surface area contributed by atoms with Gasteiger partial charge in [0.05, 0.1) is 7.11 Å². The Hall–Kier alpha value is -1.85. The summed E-state index contributed by atoms with van der Waals surface area (Å²) in [6, 6.07) is 15.7. The van der Waals surface area contributed by atoms with E-state index in [0.29, 0.717) is 0 Å². The first kappa shape index (κ1) is 17.0. The Morgan fingerprint density at radius 1 is 1.00 bits per heavy atom. The Bertz CT molecular complexity index is 678. The minimum absolute atomic E-state index is 0.0981. The predicted octanol–water partition coefficient (Wildman–Crippen LogP) is 3.42. The largest absolute Gasteiger partial charge is 0.497 e. The van der Waals surface area contributed by atoms with Crippen LogP contribution in [0.4, 0.5) is 0 Å². The van der Waals surface area contributed by atoms with Gasteiger partial charge in [-0.1, -0.05) is 28.1 Å². The summed E-state index contributed by atoms with van der Waals surface area (Å²) in [5.74, 6) is 0.867. The van der Waals surface area contributed by atoms with E-state index in [1.807, 2.05) is 29.2 Å². The van der Waals surface area contributed by atoms with Crippen LogP contribution in [0.1, 0.15) is 15.9 Å². The Kier molecular flexibility index (Phi) is 5.53. The molecule has 1 saturated heterocycles. The number of hydrogen-bond donors (Lipinski definition) is 0. The van der Waals surface area contributed by atoms with Gasteiger partial charge in [0.15, 0.2) is 0 Å². The van der Waals surface area contributed by atoms with Gasteiger partial charge in [-0.15, -0.1) is 0 Å². The second kappa shape index (κ2) is 7.81. The molecule has 0 unspecified atom stereocenters. The van der Waals surface area contributed by atoms with Gasteiger partial charge in [-0.2, -0.15) is 0 Å². The SMILES string of the molecule is COc1ccc(C(=O)N2CCN(Cc3ccc(Br)cc3)CC2)cc1. The van der Waals surface area contributed by atoms with E-state index in [0.717, 1.165) is 48.5 Å². The molecule has 0 saturated carbocycles. The van der Waals surface area contributed by atoms with Crippen molar-refractivity contribution < 1.29 is 9.53 Å². The lowest BCUT2D eigenvalue weighted by Crippen LogP contribution is -2.48. The lowest BCUT2D eigenvalue weighted by Gasteiger charge is -2.34. The summed E-state index contributed by atoms with van der Waals surface area (Å²) < 4.78 is 6.24. The van der Waals surface area contributed by atoms with E-state index in [9.17, 15) is 4.79 Å². The Morgan fingerprint density at radius 3 is 2.21 bits per heavy atom. The van der Waals surface area contributed by atoms with Gasteiger partial charge in [-0.05, 0) is 42.0 Å². The molecule has 1 amide bonds. The average molecular weight is 389 g/mol. The van der Waals surface area contributed by atoms with E-state index in [2.05, 4.69) is 45.1 Å². The predicted molar refractivity (Wildman–Crippen MR) is 98.3 cm³/mol. The molecule has 1 aliphatic heterocycles. The number of amides is 1. The first-order chi connectivity index (χ1) is 11.7. The first-order valence-corrected chi connectivity index (χ1v) is 8.85. The summed E-state index contributed by atoms with van der Waals surface area (Å²) in [6.07, 6.45) is 0. The van der Waals surface area contributed by atoms with Crippen LogP contribution in [0.25, 0.3) is 0 Å². The van der Waals surface area contributed by atoms with Gasteiger partial charge < -0.3 is 9.64 Å². The molecule has 0 aliphatic carbocycles. The van der Waals surface area contributed by atoms with Gasteiger partial charge >= 0.3 is 0 Å². The number of carbonyl (C=O) groups excluding carboxylic acids is 1. The second-order valence-electron chi connectivity index (χ2n) is 5.92. The van der Waals surface area contributed by atoms with Crippen LogP contribution in [0.15, 0.2) is 53.0 Å². The molecule has 5 heteroatoms. The smallest absolute Gasteiger partial charge is 0.253 e. The van der Waals surface area contributed by atoms with E-state index in [-0.39, 0.29) is 5.91 Å². The van der Waals surface area contributed by atoms with Gasteiger partial charge in [0.1, 0.15) is 5.75 Å². The fraction of sp³-hybridized carbons (Fsp3) is 0.316. The van der Waals surface area contributed by atoms with E-state index in [1.54, 1.807) is 7.11 Å². The summed E-state index contributed by atoms with van der Waals surface area (Å²) in [6.45, 7) is 4.26.